The van der Waals surface area contributed by atoms with E-state index in [0.29, 0.717) is 0 Å². The summed E-state index contributed by atoms with van der Waals surface area (Å²) >= 11 is 2.13. The largest absolute Gasteiger partial charge is 0.481 e. The third-order valence-corrected chi connectivity index (χ3v) is 8.08. The summed E-state index contributed by atoms with van der Waals surface area (Å²) in [6.07, 6.45) is 2.70. The second kappa shape index (κ2) is 11.1. The van der Waals surface area contributed by atoms with E-state index >= 15 is 0 Å². The molecule has 0 saturated carbocycles. The van der Waals surface area contributed by atoms with E-state index in [0.717, 1.165) is 23.1 Å². The van der Waals surface area contributed by atoms with Crippen LogP contribution in [0.25, 0.3) is 6.08 Å². The highest BCUT2D eigenvalue weighted by Crippen LogP contribution is 2.43. The van der Waals surface area contributed by atoms with E-state index < -0.39 is 52.1 Å². The zero-order valence-corrected chi connectivity index (χ0v) is 21.4. The van der Waals surface area contributed by atoms with E-state index in [1.807, 2.05) is 0 Å². The summed E-state index contributed by atoms with van der Waals surface area (Å²) in [5.74, 6) is -3.93. The van der Waals surface area contributed by atoms with E-state index in [2.05, 4.69) is 20.3 Å². The number of fused-ring (bicyclic) bond motifs is 1. The van der Waals surface area contributed by atoms with Crippen molar-refractivity contribution in [3.63, 3.8) is 0 Å². The Labute approximate surface area is 227 Å². The van der Waals surface area contributed by atoms with Crippen molar-refractivity contribution in [3.05, 3.63) is 57.1 Å². The average Bonchev–Trinajstić information content (AvgIpc) is 3.33. The summed E-state index contributed by atoms with van der Waals surface area (Å²) in [4.78, 5) is 69.5. The average molecular weight is 577 g/mol. The molecule has 0 aliphatic carbocycles. The van der Waals surface area contributed by atoms with Crippen LogP contribution in [-0.2, 0) is 24.0 Å². The minimum atomic E-state index is -1.52. The monoisotopic (exact) mass is 576 g/mol. The number of aromatic nitrogens is 1. The van der Waals surface area contributed by atoms with Gasteiger partial charge >= 0.3 is 11.9 Å². The summed E-state index contributed by atoms with van der Waals surface area (Å²) in [5, 5.41) is 37.1. The predicted molar refractivity (Wildman–Crippen MR) is 139 cm³/mol. The lowest BCUT2D eigenvalue weighted by atomic mass is 9.86. The zero-order chi connectivity index (χ0) is 28.3. The second-order valence-electron chi connectivity index (χ2n) is 8.41. The fourth-order valence-corrected chi connectivity index (χ4v) is 5.96. The van der Waals surface area contributed by atoms with Crippen molar-refractivity contribution in [1.29, 1.82) is 0 Å². The van der Waals surface area contributed by atoms with Gasteiger partial charge in [-0.25, -0.2) is 9.78 Å². The van der Waals surface area contributed by atoms with Crippen LogP contribution in [-0.4, -0.2) is 84.8 Å². The third-order valence-electron chi connectivity index (χ3n) is 5.86. The molecule has 17 heteroatoms. The zero-order valence-electron chi connectivity index (χ0n) is 19.8. The van der Waals surface area contributed by atoms with Crippen molar-refractivity contribution >= 4 is 69.5 Å². The van der Waals surface area contributed by atoms with E-state index in [9.17, 15) is 34.4 Å². The number of hydrogen-bond acceptors (Lipinski definition) is 12. The first-order chi connectivity index (χ1) is 18.5. The Kier molecular flexibility index (Phi) is 7.82. The molecule has 3 heterocycles. The number of hydrogen-bond donors (Lipinski definition) is 4. The van der Waals surface area contributed by atoms with Crippen LogP contribution < -0.4 is 11.1 Å². The molecule has 2 aliphatic rings. The number of benzene rings is 1. The summed E-state index contributed by atoms with van der Waals surface area (Å²) in [5.41, 5.74) is 3.75. The predicted octanol–water partition coefficient (Wildman–Crippen LogP) is 0.623. The molecule has 0 bridgehead atoms. The first-order valence-corrected chi connectivity index (χ1v) is 13.0. The van der Waals surface area contributed by atoms with Gasteiger partial charge in [-0.05, 0) is 6.07 Å². The molecule has 3 atom stereocenters. The van der Waals surface area contributed by atoms with Crippen LogP contribution in [0, 0.1) is 15.5 Å². The molecule has 15 nitrogen and oxygen atoms in total. The topological polar surface area (TPSA) is 228 Å². The standard InChI is InChI=1S/C22H20N6O9S2/c23-21-24-12(8-38-21)15(26-37-7-14(29)30)17(31)25-16-18(32)27-9-22(20(33)34,10-39-19(16)27)6-5-11-3-1-2-4-13(11)28(35)36/h1-6,8,16,19H,7,9-10H2,(H2,23,24)(H,25,31)(H,29,30)(H,33,34)/t16?,19-,22?/m1/s1. The van der Waals surface area contributed by atoms with E-state index in [-0.39, 0.29) is 40.1 Å². The Balaban J connectivity index is 1.49. The molecule has 2 aromatic rings. The highest BCUT2D eigenvalue weighted by molar-refractivity contribution is 8.00. The van der Waals surface area contributed by atoms with Gasteiger partial charge in [0.25, 0.3) is 11.6 Å². The number of nitrogens with two attached hydrogens (primary N) is 1. The molecule has 2 saturated heterocycles. The van der Waals surface area contributed by atoms with Crippen LogP contribution in [0.3, 0.4) is 0 Å². The van der Waals surface area contributed by atoms with Crippen LogP contribution in [0.5, 0.6) is 0 Å². The number of anilines is 1. The van der Waals surface area contributed by atoms with Gasteiger partial charge in [-0.3, -0.25) is 24.5 Å². The SMILES string of the molecule is Nc1nc(C(=NOCC(=O)O)C(=O)NC2C(=O)N3CC(C=Cc4ccccc4[N+](=O)[O-])(C(=O)O)CS[C@H]23)cs1. The number of thiazole rings is 1. The molecule has 2 amide bonds. The van der Waals surface area contributed by atoms with Gasteiger partial charge in [0, 0.05) is 23.7 Å². The molecule has 0 spiro atoms. The molecule has 2 aliphatic heterocycles. The van der Waals surface area contributed by atoms with Crippen molar-refractivity contribution in [2.24, 2.45) is 10.6 Å². The molecule has 1 aromatic carbocycles. The maximum absolute atomic E-state index is 12.9. The lowest BCUT2D eigenvalue weighted by molar-refractivity contribution is -0.385. The van der Waals surface area contributed by atoms with Gasteiger partial charge in [0.15, 0.2) is 10.8 Å². The number of para-hydroxylation sites is 1. The fourth-order valence-electron chi connectivity index (χ4n) is 3.90. The Bertz CT molecular complexity index is 1410. The molecule has 2 unspecified atom stereocenters. The molecule has 39 heavy (non-hydrogen) atoms. The molecule has 0 radical (unpaired) electrons. The van der Waals surface area contributed by atoms with Gasteiger partial charge in [-0.2, -0.15) is 0 Å². The molecule has 2 fully saturated rings. The maximum Gasteiger partial charge on any atom is 0.344 e. The number of nitrogens with zero attached hydrogens (tertiary/aromatic N) is 4. The van der Waals surface area contributed by atoms with Crippen LogP contribution >= 0.6 is 23.1 Å². The van der Waals surface area contributed by atoms with Crippen molar-refractivity contribution < 1.29 is 39.2 Å². The number of aliphatic carboxylic acids is 2. The smallest absolute Gasteiger partial charge is 0.344 e. The number of oxime groups is 1. The summed E-state index contributed by atoms with van der Waals surface area (Å²) < 4.78 is 0. The Hall–Kier alpha value is -4.51. The minimum absolute atomic E-state index is 0.0188. The molecule has 1 aromatic heterocycles. The van der Waals surface area contributed by atoms with Gasteiger partial charge in [-0.1, -0.05) is 29.4 Å². The molecule has 5 N–H and O–H groups in total. The number of carboxylic acid groups (broad SMARTS) is 2. The van der Waals surface area contributed by atoms with Gasteiger partial charge in [0.2, 0.25) is 12.5 Å². The first kappa shape index (κ1) is 27.5. The number of carbonyl (C=O) groups excluding carboxylic acids is 2. The van der Waals surface area contributed by atoms with Gasteiger partial charge in [0.1, 0.15) is 22.5 Å². The van der Waals surface area contributed by atoms with Crippen LogP contribution in [0.1, 0.15) is 11.3 Å². The summed E-state index contributed by atoms with van der Waals surface area (Å²) in [6.45, 7) is -1.03. The maximum atomic E-state index is 12.9. The van der Waals surface area contributed by atoms with E-state index in [1.54, 1.807) is 6.07 Å². The van der Waals surface area contributed by atoms with Crippen molar-refractivity contribution in [3.8, 4) is 0 Å². The lowest BCUT2D eigenvalue weighted by Gasteiger charge is -2.53. The van der Waals surface area contributed by atoms with Crippen LogP contribution in [0.2, 0.25) is 0 Å². The quantitative estimate of drug-likeness (QED) is 0.132. The normalized spacial score (nSPS) is 22.6. The molecule has 204 valence electrons. The Morgan fingerprint density at radius 1 is 1.36 bits per heavy atom. The highest BCUT2D eigenvalue weighted by Gasteiger charge is 2.57. The number of nitro groups is 1. The van der Waals surface area contributed by atoms with E-state index in [1.165, 1.54) is 40.6 Å². The van der Waals surface area contributed by atoms with Crippen molar-refractivity contribution in [1.82, 2.24) is 15.2 Å². The Morgan fingerprint density at radius 3 is 2.74 bits per heavy atom. The third kappa shape index (κ3) is 5.68. The molecular formula is C22H20N6O9S2. The number of carboxylic acids is 2. The number of thioether (sulfide) groups is 1. The molecular weight excluding hydrogens is 556 g/mol. The molecule has 4 rings (SSSR count). The van der Waals surface area contributed by atoms with Gasteiger partial charge in [-0.15, -0.1) is 23.1 Å². The Morgan fingerprint density at radius 2 is 2.10 bits per heavy atom. The second-order valence-corrected chi connectivity index (χ2v) is 10.4. The van der Waals surface area contributed by atoms with Crippen molar-refractivity contribution in [2.75, 3.05) is 24.6 Å². The fraction of sp³-hybridized carbons (Fsp3) is 0.273. The summed E-state index contributed by atoms with van der Waals surface area (Å²) in [7, 11) is 0. The number of nitrogen functional groups attached to an aromatic ring is 1. The highest BCUT2D eigenvalue weighted by atomic mass is 32.2. The van der Waals surface area contributed by atoms with E-state index in [4.69, 9.17) is 10.8 Å². The number of nitrogens with one attached hydrogen (secondary N) is 1. The number of nitro benzene ring substituents is 1. The van der Waals surface area contributed by atoms with Crippen LogP contribution in [0.15, 0.2) is 40.9 Å². The van der Waals surface area contributed by atoms with Crippen molar-refractivity contribution in [2.45, 2.75) is 11.4 Å². The van der Waals surface area contributed by atoms with Gasteiger partial charge in [0.05, 0.1) is 10.5 Å². The number of amides is 2. The van der Waals surface area contributed by atoms with Gasteiger partial charge < -0.3 is 31.0 Å². The van der Waals surface area contributed by atoms with Crippen LogP contribution in [0.4, 0.5) is 10.8 Å². The lowest BCUT2D eigenvalue weighted by Crippen LogP contribution is -2.73. The summed E-state index contributed by atoms with van der Waals surface area (Å²) in [6, 6.07) is 4.85. The number of carbonyl (C=O) groups is 4. The number of rotatable bonds is 10. The number of β-lactam (4-membered cyclic amide) rings is 1. The first-order valence-electron chi connectivity index (χ1n) is 11.0. The minimum Gasteiger partial charge on any atom is -0.481 e.